The molecule has 3 N–H and O–H groups in total. The Morgan fingerprint density at radius 3 is 2.45 bits per heavy atom. The molecule has 3 unspecified atom stereocenters. The highest BCUT2D eigenvalue weighted by atomic mass is 16.5. The van der Waals surface area contributed by atoms with Gasteiger partial charge >= 0.3 is 5.97 Å². The van der Waals surface area contributed by atoms with Gasteiger partial charge in [0.2, 0.25) is 0 Å². The van der Waals surface area contributed by atoms with Crippen molar-refractivity contribution in [1.29, 1.82) is 0 Å². The summed E-state index contributed by atoms with van der Waals surface area (Å²) in [5.41, 5.74) is -0.438. The molecule has 180 valence electrons. The normalized spacial score (nSPS) is 36.6. The Labute approximate surface area is 187 Å². The van der Waals surface area contributed by atoms with E-state index in [0.717, 1.165) is 32.2 Å². The van der Waals surface area contributed by atoms with E-state index in [1.807, 2.05) is 14.0 Å². The number of likely N-dealkylation sites (tertiary alicyclic amines) is 1. The maximum Gasteiger partial charge on any atom is 0.305 e. The first-order valence-electron chi connectivity index (χ1n) is 12.1. The summed E-state index contributed by atoms with van der Waals surface area (Å²) in [6, 6.07) is 0. The quantitative estimate of drug-likeness (QED) is 0.436. The zero-order chi connectivity index (χ0) is 23.3. The lowest BCUT2D eigenvalue weighted by molar-refractivity contribution is -0.889. The maximum absolute atomic E-state index is 11.9. The highest BCUT2D eigenvalue weighted by Crippen LogP contribution is 2.47. The maximum atomic E-state index is 11.9. The van der Waals surface area contributed by atoms with E-state index >= 15 is 0 Å². The molecule has 0 saturated carbocycles. The van der Waals surface area contributed by atoms with Gasteiger partial charge in [0, 0.05) is 6.42 Å². The molecule has 31 heavy (non-hydrogen) atoms. The number of piperidine rings is 1. The molecule has 2 saturated heterocycles. The fraction of sp³-hybridized carbons (Fsp3) is 0.917. The van der Waals surface area contributed by atoms with Crippen LogP contribution in [-0.4, -0.2) is 60.1 Å². The number of nitrogens with one attached hydrogen (secondary N) is 1. The number of quaternary nitrogens is 1. The standard InChI is InChI=1S/C24H43NO6/c1-6-15(20(26)11-21(27)28)12-24(4)13-16(7-2)22(31-24)17(8-3)18-9-10-25(5)14-19(18)23(29)30/h15-20,22,26H,6-14H2,1-5H3,(H,27,28)(H,29,30)/t15-,16-,17+,18?,19?,20-,22-,24-/m1/s1. The van der Waals surface area contributed by atoms with E-state index in [1.54, 1.807) is 0 Å². The third-order valence-electron chi connectivity index (χ3n) is 7.99. The number of aliphatic hydroxyl groups excluding tert-OH is 1. The molecule has 2 aliphatic rings. The second kappa shape index (κ2) is 11.1. The molecular formula is C24H43NO6. The van der Waals surface area contributed by atoms with Crippen molar-refractivity contribution >= 4 is 11.9 Å². The Balaban J connectivity index is 2.19. The van der Waals surface area contributed by atoms with Crippen LogP contribution in [-0.2, 0) is 14.3 Å². The Hall–Kier alpha value is -1.18. The average Bonchev–Trinajstić information content (AvgIpc) is 3.03. The molecule has 7 nitrogen and oxygen atoms in total. The van der Waals surface area contributed by atoms with E-state index in [4.69, 9.17) is 9.84 Å². The number of ether oxygens (including phenoxy) is 1. The van der Waals surface area contributed by atoms with Crippen LogP contribution >= 0.6 is 0 Å². The second-order valence-electron chi connectivity index (χ2n) is 10.3. The summed E-state index contributed by atoms with van der Waals surface area (Å²) in [5, 5.41) is 31.4. The highest BCUT2D eigenvalue weighted by molar-refractivity contribution is 5.68. The number of carbonyl (C=O) groups is 2. The van der Waals surface area contributed by atoms with Crippen LogP contribution in [0.2, 0.25) is 0 Å². The van der Waals surface area contributed by atoms with Crippen molar-refractivity contribution in [1.82, 2.24) is 0 Å². The predicted molar refractivity (Wildman–Crippen MR) is 115 cm³/mol. The number of rotatable bonds is 11. The number of carboxylic acids is 2. The van der Waals surface area contributed by atoms with E-state index in [9.17, 15) is 19.8 Å². The van der Waals surface area contributed by atoms with Gasteiger partial charge in [0.05, 0.1) is 56.3 Å². The Morgan fingerprint density at radius 1 is 1.26 bits per heavy atom. The lowest BCUT2D eigenvalue weighted by atomic mass is 9.70. The molecule has 0 radical (unpaired) electrons. The molecule has 9 atom stereocenters. The van der Waals surface area contributed by atoms with Crippen LogP contribution in [0.4, 0.5) is 0 Å². The van der Waals surface area contributed by atoms with Gasteiger partial charge in [0.25, 0.3) is 0 Å². The minimum absolute atomic E-state index is 0.0145. The molecule has 0 amide bonds. The summed E-state index contributed by atoms with van der Waals surface area (Å²) in [7, 11) is 2.04. The monoisotopic (exact) mass is 441 g/mol. The zero-order valence-electron chi connectivity index (χ0n) is 19.9. The van der Waals surface area contributed by atoms with Gasteiger partial charge in [-0.15, -0.1) is 0 Å². The van der Waals surface area contributed by atoms with E-state index < -0.39 is 29.6 Å². The van der Waals surface area contributed by atoms with E-state index in [2.05, 4.69) is 20.8 Å². The Morgan fingerprint density at radius 2 is 1.94 bits per heavy atom. The van der Waals surface area contributed by atoms with E-state index in [1.165, 1.54) is 4.90 Å². The number of aliphatic hydroxyl groups is 1. The number of hydrogen-bond acceptors (Lipinski definition) is 5. The first kappa shape index (κ1) is 26.1. The zero-order valence-corrected chi connectivity index (χ0v) is 19.9. The molecule has 0 aromatic heterocycles. The van der Waals surface area contributed by atoms with E-state index in [-0.39, 0.29) is 30.3 Å². The highest BCUT2D eigenvalue weighted by Gasteiger charge is 2.50. The number of aliphatic carboxylic acids is 2. The van der Waals surface area contributed by atoms with Crippen LogP contribution in [0.15, 0.2) is 0 Å². The van der Waals surface area contributed by atoms with Crippen molar-refractivity contribution in [2.24, 2.45) is 29.6 Å². The molecule has 2 heterocycles. The molecule has 0 aromatic carbocycles. The Kier molecular flexibility index (Phi) is 9.34. The van der Waals surface area contributed by atoms with Gasteiger partial charge in [-0.2, -0.15) is 0 Å². The fourth-order valence-electron chi connectivity index (χ4n) is 6.33. The van der Waals surface area contributed by atoms with Gasteiger partial charge in [-0.05, 0) is 43.4 Å². The third kappa shape index (κ3) is 6.42. The van der Waals surface area contributed by atoms with Crippen molar-refractivity contribution in [3.63, 3.8) is 0 Å². The summed E-state index contributed by atoms with van der Waals surface area (Å²) < 4.78 is 6.72. The second-order valence-corrected chi connectivity index (χ2v) is 10.3. The summed E-state index contributed by atoms with van der Waals surface area (Å²) in [6.07, 6.45) is 3.70. The van der Waals surface area contributed by atoms with Crippen molar-refractivity contribution in [2.75, 3.05) is 20.1 Å². The van der Waals surface area contributed by atoms with Crippen LogP contribution in [0.3, 0.4) is 0 Å². The number of carbonyl (C=O) groups excluding carboxylic acids is 1. The van der Waals surface area contributed by atoms with Crippen molar-refractivity contribution in [3.05, 3.63) is 0 Å². The predicted octanol–water partition coefficient (Wildman–Crippen LogP) is 0.739. The lowest BCUT2D eigenvalue weighted by Gasteiger charge is -2.42. The molecule has 0 aromatic rings. The van der Waals surface area contributed by atoms with E-state index in [0.29, 0.717) is 25.3 Å². The van der Waals surface area contributed by atoms with Crippen LogP contribution in [0.5, 0.6) is 0 Å². The topological polar surface area (TPSA) is 111 Å². The minimum Gasteiger partial charge on any atom is -0.550 e. The van der Waals surface area contributed by atoms with Crippen molar-refractivity contribution < 1.29 is 34.5 Å². The number of hydrogen-bond donors (Lipinski definition) is 3. The number of carboxylic acid groups (broad SMARTS) is 2. The van der Waals surface area contributed by atoms with Gasteiger partial charge < -0.3 is 29.8 Å². The van der Waals surface area contributed by atoms with Crippen LogP contribution in [0, 0.1) is 29.6 Å². The summed E-state index contributed by atoms with van der Waals surface area (Å²) in [6.45, 7) is 9.90. The van der Waals surface area contributed by atoms with Crippen LogP contribution < -0.4 is 10.0 Å². The molecular weight excluding hydrogens is 398 g/mol. The SMILES string of the molecule is CC[C@@H]1C[C@@](C)(C[C@@H](CC)[C@H](O)CC(=O)O)O[C@H]1[C@@H](CC)C1CC[NH+](C)CC1C(=O)[O-]. The van der Waals surface area contributed by atoms with Crippen LogP contribution in [0.25, 0.3) is 0 Å². The van der Waals surface area contributed by atoms with Gasteiger partial charge in [0.15, 0.2) is 0 Å². The third-order valence-corrected chi connectivity index (χ3v) is 7.99. The molecule has 2 rings (SSSR count). The lowest BCUT2D eigenvalue weighted by Crippen LogP contribution is -3.11. The first-order valence-corrected chi connectivity index (χ1v) is 12.1. The molecule has 0 aliphatic carbocycles. The smallest absolute Gasteiger partial charge is 0.305 e. The Bertz CT molecular complexity index is 613. The summed E-state index contributed by atoms with van der Waals surface area (Å²) in [5.74, 6) is -1.98. The minimum atomic E-state index is -0.989. The van der Waals surface area contributed by atoms with Gasteiger partial charge in [0.1, 0.15) is 0 Å². The molecule has 0 bridgehead atoms. The van der Waals surface area contributed by atoms with Gasteiger partial charge in [-0.3, -0.25) is 4.79 Å². The molecule has 2 fully saturated rings. The molecule has 7 heteroatoms. The molecule has 2 aliphatic heterocycles. The van der Waals surface area contributed by atoms with Gasteiger partial charge in [-0.1, -0.05) is 40.0 Å². The molecule has 0 spiro atoms. The summed E-state index contributed by atoms with van der Waals surface area (Å²) in [4.78, 5) is 24.2. The first-order chi connectivity index (χ1) is 14.5. The summed E-state index contributed by atoms with van der Waals surface area (Å²) >= 11 is 0. The largest absolute Gasteiger partial charge is 0.550 e. The fourth-order valence-corrected chi connectivity index (χ4v) is 6.33. The van der Waals surface area contributed by atoms with Crippen molar-refractivity contribution in [2.45, 2.75) is 90.4 Å². The van der Waals surface area contributed by atoms with Crippen LogP contribution in [0.1, 0.15) is 72.6 Å². The average molecular weight is 442 g/mol. The van der Waals surface area contributed by atoms with Crippen molar-refractivity contribution in [3.8, 4) is 0 Å². The van der Waals surface area contributed by atoms with Gasteiger partial charge in [-0.25, -0.2) is 0 Å².